The fourth-order valence-corrected chi connectivity index (χ4v) is 2.70. The fourth-order valence-electron chi connectivity index (χ4n) is 2.70. The molecule has 0 radical (unpaired) electrons. The monoisotopic (exact) mass is 323 g/mol. The predicted molar refractivity (Wildman–Crippen MR) is 90.4 cm³/mol. The molecule has 1 atom stereocenters. The molecule has 0 spiro atoms. The summed E-state index contributed by atoms with van der Waals surface area (Å²) in [6, 6.07) is 0. The molecule has 1 saturated heterocycles. The van der Waals surface area contributed by atoms with Gasteiger partial charge in [0.15, 0.2) is 5.96 Å². The molecule has 0 aliphatic carbocycles. The Labute approximate surface area is 138 Å². The van der Waals surface area contributed by atoms with Crippen LogP contribution in [0.1, 0.15) is 18.9 Å². The number of rotatable bonds is 8. The summed E-state index contributed by atoms with van der Waals surface area (Å²) in [4.78, 5) is 7.06. The number of guanidine groups is 1. The van der Waals surface area contributed by atoms with Crippen molar-refractivity contribution in [3.8, 4) is 0 Å². The van der Waals surface area contributed by atoms with Crippen LogP contribution in [0.15, 0.2) is 17.4 Å². The zero-order chi connectivity index (χ0) is 16.5. The smallest absolute Gasteiger partial charge is 0.194 e. The van der Waals surface area contributed by atoms with E-state index >= 15 is 0 Å². The second-order valence-electron chi connectivity index (χ2n) is 5.86. The van der Waals surface area contributed by atoms with Crippen molar-refractivity contribution >= 4 is 5.96 Å². The van der Waals surface area contributed by atoms with E-state index in [2.05, 4.69) is 22.2 Å². The van der Waals surface area contributed by atoms with Crippen molar-refractivity contribution in [1.82, 2.24) is 20.0 Å². The van der Waals surface area contributed by atoms with Gasteiger partial charge in [0.1, 0.15) is 0 Å². The summed E-state index contributed by atoms with van der Waals surface area (Å²) in [5.41, 5.74) is 1.13. The van der Waals surface area contributed by atoms with Crippen molar-refractivity contribution in [2.45, 2.75) is 19.9 Å². The largest absolute Gasteiger partial charge is 0.382 e. The van der Waals surface area contributed by atoms with Crippen molar-refractivity contribution < 1.29 is 9.47 Å². The van der Waals surface area contributed by atoms with Crippen molar-refractivity contribution in [3.63, 3.8) is 0 Å². The summed E-state index contributed by atoms with van der Waals surface area (Å²) >= 11 is 0. The van der Waals surface area contributed by atoms with Gasteiger partial charge in [-0.1, -0.05) is 0 Å². The fraction of sp³-hybridized carbons (Fsp3) is 0.750. The van der Waals surface area contributed by atoms with Crippen LogP contribution in [0.2, 0.25) is 0 Å². The number of nitrogens with one attached hydrogen (secondary N) is 1. The Balaban J connectivity index is 1.83. The Bertz CT molecular complexity index is 489. The summed E-state index contributed by atoms with van der Waals surface area (Å²) in [5.74, 6) is 1.55. The minimum absolute atomic E-state index is 0.564. The minimum atomic E-state index is 0.564. The molecule has 1 aromatic heterocycles. The average Bonchev–Trinajstić information content (AvgIpc) is 3.17. The van der Waals surface area contributed by atoms with Crippen molar-refractivity contribution in [3.05, 3.63) is 18.0 Å². The lowest BCUT2D eigenvalue weighted by Gasteiger charge is -2.21. The highest BCUT2D eigenvalue weighted by molar-refractivity contribution is 5.80. The number of aryl methyl sites for hydroxylation is 1. The van der Waals surface area contributed by atoms with Gasteiger partial charge in [-0.05, 0) is 13.3 Å². The van der Waals surface area contributed by atoms with E-state index in [-0.39, 0.29) is 0 Å². The first-order valence-corrected chi connectivity index (χ1v) is 8.30. The number of hydrogen-bond donors (Lipinski definition) is 1. The number of ether oxygens (including phenoxy) is 2. The highest BCUT2D eigenvalue weighted by Gasteiger charge is 2.24. The van der Waals surface area contributed by atoms with Gasteiger partial charge in [-0.15, -0.1) is 0 Å². The van der Waals surface area contributed by atoms with Gasteiger partial charge >= 0.3 is 0 Å². The molecule has 130 valence electrons. The summed E-state index contributed by atoms with van der Waals surface area (Å²) in [6.07, 6.45) is 5.01. The normalized spacial score (nSPS) is 18.7. The third-order valence-corrected chi connectivity index (χ3v) is 3.88. The van der Waals surface area contributed by atoms with Crippen LogP contribution < -0.4 is 5.32 Å². The van der Waals surface area contributed by atoms with E-state index in [4.69, 9.17) is 14.5 Å². The van der Waals surface area contributed by atoms with E-state index in [1.54, 1.807) is 11.8 Å². The number of aliphatic imine (C=N–C) groups is 1. The van der Waals surface area contributed by atoms with Crippen LogP contribution in [0, 0.1) is 5.92 Å². The first-order valence-electron chi connectivity index (χ1n) is 8.30. The maximum absolute atomic E-state index is 5.66. The lowest BCUT2D eigenvalue weighted by molar-refractivity contribution is 0.0536. The molecule has 2 heterocycles. The summed E-state index contributed by atoms with van der Waals surface area (Å²) in [7, 11) is 3.62. The SMILES string of the molecule is CCNC(=NCc1cnn(C)c1)N1CCC(COCCOC)C1. The standard InChI is InChI=1S/C16H29N5O2/c1-4-17-16(18-9-15-10-19-20(2)11-15)21-6-5-14(12-21)13-23-8-7-22-3/h10-11,14H,4-9,12-13H2,1-3H3,(H,17,18). The molecule has 2 rings (SSSR count). The Hall–Kier alpha value is -1.60. The Kier molecular flexibility index (Phi) is 7.35. The van der Waals surface area contributed by atoms with Crippen LogP contribution in [0.4, 0.5) is 0 Å². The van der Waals surface area contributed by atoms with Gasteiger partial charge in [-0.3, -0.25) is 4.68 Å². The Morgan fingerprint density at radius 2 is 2.35 bits per heavy atom. The van der Waals surface area contributed by atoms with Gasteiger partial charge in [0.05, 0.1) is 32.6 Å². The molecule has 1 aromatic rings. The van der Waals surface area contributed by atoms with Gasteiger partial charge in [-0.25, -0.2) is 4.99 Å². The molecular formula is C16H29N5O2. The zero-order valence-corrected chi connectivity index (χ0v) is 14.5. The molecule has 7 heteroatoms. The number of nitrogens with zero attached hydrogens (tertiary/aromatic N) is 4. The highest BCUT2D eigenvalue weighted by atomic mass is 16.5. The Morgan fingerprint density at radius 1 is 1.48 bits per heavy atom. The van der Waals surface area contributed by atoms with E-state index in [0.29, 0.717) is 25.7 Å². The van der Waals surface area contributed by atoms with E-state index < -0.39 is 0 Å². The van der Waals surface area contributed by atoms with Gasteiger partial charge in [0.2, 0.25) is 0 Å². The summed E-state index contributed by atoms with van der Waals surface area (Å²) in [6.45, 7) is 7.76. The van der Waals surface area contributed by atoms with Crippen LogP contribution in [-0.2, 0) is 23.1 Å². The molecule has 0 aromatic carbocycles. The molecule has 1 N–H and O–H groups in total. The lowest BCUT2D eigenvalue weighted by Crippen LogP contribution is -2.40. The molecule has 1 fully saturated rings. The third-order valence-electron chi connectivity index (χ3n) is 3.88. The van der Waals surface area contributed by atoms with Crippen molar-refractivity contribution in [2.24, 2.45) is 18.0 Å². The molecule has 0 amide bonds. The molecular weight excluding hydrogens is 294 g/mol. The van der Waals surface area contributed by atoms with Gasteiger partial charge in [0.25, 0.3) is 0 Å². The summed E-state index contributed by atoms with van der Waals surface area (Å²) < 4.78 is 12.5. The molecule has 1 aliphatic rings. The van der Waals surface area contributed by atoms with E-state index in [1.165, 1.54) is 0 Å². The first-order chi connectivity index (χ1) is 11.2. The van der Waals surface area contributed by atoms with Crippen molar-refractivity contribution in [1.29, 1.82) is 0 Å². The lowest BCUT2D eigenvalue weighted by atomic mass is 10.1. The number of methoxy groups -OCH3 is 1. The third kappa shape index (κ3) is 5.84. The average molecular weight is 323 g/mol. The second kappa shape index (κ2) is 9.52. The van der Waals surface area contributed by atoms with Crippen LogP contribution in [0.3, 0.4) is 0 Å². The van der Waals surface area contributed by atoms with E-state index in [1.807, 2.05) is 19.4 Å². The highest BCUT2D eigenvalue weighted by Crippen LogP contribution is 2.17. The van der Waals surface area contributed by atoms with Crippen LogP contribution >= 0.6 is 0 Å². The van der Waals surface area contributed by atoms with Crippen LogP contribution in [0.5, 0.6) is 0 Å². The molecule has 23 heavy (non-hydrogen) atoms. The number of likely N-dealkylation sites (tertiary alicyclic amines) is 1. The van der Waals surface area contributed by atoms with Crippen LogP contribution in [-0.4, -0.2) is 67.2 Å². The molecule has 1 unspecified atom stereocenters. The van der Waals surface area contributed by atoms with Gasteiger partial charge < -0.3 is 19.7 Å². The summed E-state index contributed by atoms with van der Waals surface area (Å²) in [5, 5.41) is 7.57. The molecule has 1 aliphatic heterocycles. The van der Waals surface area contributed by atoms with Gasteiger partial charge in [-0.2, -0.15) is 5.10 Å². The number of aromatic nitrogens is 2. The topological polar surface area (TPSA) is 63.9 Å². The van der Waals surface area contributed by atoms with Crippen LogP contribution in [0.25, 0.3) is 0 Å². The Morgan fingerprint density at radius 3 is 3.04 bits per heavy atom. The quantitative estimate of drug-likeness (QED) is 0.437. The first kappa shape index (κ1) is 17.7. The number of hydrogen-bond acceptors (Lipinski definition) is 4. The minimum Gasteiger partial charge on any atom is -0.382 e. The van der Waals surface area contributed by atoms with Gasteiger partial charge in [0, 0.05) is 51.5 Å². The second-order valence-corrected chi connectivity index (χ2v) is 5.86. The maximum atomic E-state index is 5.66. The van der Waals surface area contributed by atoms with E-state index in [9.17, 15) is 0 Å². The van der Waals surface area contributed by atoms with E-state index in [0.717, 1.165) is 44.2 Å². The molecule has 0 bridgehead atoms. The zero-order valence-electron chi connectivity index (χ0n) is 14.5. The van der Waals surface area contributed by atoms with Crippen molar-refractivity contribution in [2.75, 3.05) is 46.6 Å². The molecule has 0 saturated carbocycles. The maximum Gasteiger partial charge on any atom is 0.194 e. The molecule has 7 nitrogen and oxygen atoms in total. The predicted octanol–water partition coefficient (Wildman–Crippen LogP) is 0.871.